The van der Waals surface area contributed by atoms with Crippen LogP contribution in [0.5, 0.6) is 0 Å². The van der Waals surface area contributed by atoms with Gasteiger partial charge >= 0.3 is 40.0 Å². The summed E-state index contributed by atoms with van der Waals surface area (Å²) in [5, 5.41) is 0. The van der Waals surface area contributed by atoms with Crippen LogP contribution in [0.3, 0.4) is 0 Å². The number of hydrogen-bond donors (Lipinski definition) is 0. The van der Waals surface area contributed by atoms with Crippen LogP contribution in [0.2, 0.25) is 0 Å². The molecule has 0 fully saturated rings. The Morgan fingerprint density at radius 3 is 2.36 bits per heavy atom. The van der Waals surface area contributed by atoms with Crippen molar-refractivity contribution in [2.45, 2.75) is 6.92 Å². The van der Waals surface area contributed by atoms with E-state index < -0.39 is 10.4 Å². The van der Waals surface area contributed by atoms with Crippen molar-refractivity contribution in [2.24, 2.45) is 0 Å². The Morgan fingerprint density at radius 2 is 2.00 bits per heavy atom. The fourth-order valence-electron chi connectivity index (χ4n) is 0.310. The van der Waals surface area contributed by atoms with E-state index in [1.807, 2.05) is 0 Å². The molecule has 0 rings (SSSR count). The van der Waals surface area contributed by atoms with Gasteiger partial charge in [0.1, 0.15) is 0 Å². The van der Waals surface area contributed by atoms with Crippen molar-refractivity contribution >= 4 is 40.0 Å². The zero-order chi connectivity index (χ0) is 8.04. The van der Waals surface area contributed by atoms with Gasteiger partial charge in [-0.15, -0.1) is 6.58 Å². The normalized spacial score (nSPS) is 10.3. The van der Waals surface area contributed by atoms with Crippen molar-refractivity contribution in [2.75, 3.05) is 13.2 Å². The fourth-order valence-corrected chi connectivity index (χ4v) is 0.929. The molecule has 0 N–H and O–H groups in total. The molecule has 4 nitrogen and oxygen atoms in total. The topological polar surface area (TPSA) is 52.6 Å². The van der Waals surface area contributed by atoms with E-state index in [-0.39, 0.29) is 42.8 Å². The van der Waals surface area contributed by atoms with Gasteiger partial charge in [0.15, 0.2) is 0 Å². The summed E-state index contributed by atoms with van der Waals surface area (Å²) in [6.45, 7) is 4.87. The predicted molar refractivity (Wildman–Crippen MR) is 43.8 cm³/mol. The van der Waals surface area contributed by atoms with Crippen LogP contribution in [0.4, 0.5) is 0 Å². The van der Waals surface area contributed by atoms with Crippen LogP contribution in [-0.4, -0.2) is 51.2 Å². The van der Waals surface area contributed by atoms with Gasteiger partial charge in [-0.05, 0) is 6.92 Å². The van der Waals surface area contributed by atoms with Crippen molar-refractivity contribution in [3.8, 4) is 0 Å². The Hall–Kier alpha value is 0.610. The van der Waals surface area contributed by atoms with Crippen molar-refractivity contribution < 1.29 is 16.8 Å². The molecular formula is C5H11NaO4S. The maximum atomic E-state index is 10.5. The maximum absolute atomic E-state index is 10.5. The molecule has 0 saturated carbocycles. The van der Waals surface area contributed by atoms with Crippen LogP contribution in [0.15, 0.2) is 12.7 Å². The van der Waals surface area contributed by atoms with Gasteiger partial charge in [-0.25, -0.2) is 8.37 Å². The first-order valence-electron chi connectivity index (χ1n) is 2.77. The summed E-state index contributed by atoms with van der Waals surface area (Å²) in [5.74, 6) is 0. The predicted octanol–water partition coefficient (Wildman–Crippen LogP) is -0.178. The second-order valence-electron chi connectivity index (χ2n) is 1.39. The molecule has 0 aliphatic rings. The first kappa shape index (κ1) is 14.2. The Kier molecular flexibility index (Phi) is 9.35. The molecule has 0 aromatic rings. The molecule has 0 unspecified atom stereocenters. The van der Waals surface area contributed by atoms with Gasteiger partial charge < -0.3 is 0 Å². The molecule has 11 heavy (non-hydrogen) atoms. The second kappa shape index (κ2) is 7.27. The quantitative estimate of drug-likeness (QED) is 0.446. The van der Waals surface area contributed by atoms with Gasteiger partial charge in [0.2, 0.25) is 0 Å². The van der Waals surface area contributed by atoms with Gasteiger partial charge in [-0.2, -0.15) is 8.42 Å². The summed E-state index contributed by atoms with van der Waals surface area (Å²) in [6, 6.07) is 0. The molecule has 0 aliphatic carbocycles. The fraction of sp³-hybridized carbons (Fsp3) is 0.600. The summed E-state index contributed by atoms with van der Waals surface area (Å²) in [6.07, 6.45) is 1.33. The van der Waals surface area contributed by atoms with E-state index in [9.17, 15) is 8.42 Å². The van der Waals surface area contributed by atoms with Crippen LogP contribution in [0.25, 0.3) is 0 Å². The zero-order valence-corrected chi connectivity index (χ0v) is 6.56. The molecule has 0 atom stereocenters. The van der Waals surface area contributed by atoms with Gasteiger partial charge in [0, 0.05) is 0 Å². The van der Waals surface area contributed by atoms with Gasteiger partial charge in [0.25, 0.3) is 0 Å². The SMILES string of the molecule is C=CCOS(=O)(=O)OCC.[NaH]. The van der Waals surface area contributed by atoms with E-state index in [1.165, 1.54) is 6.08 Å². The van der Waals surface area contributed by atoms with Gasteiger partial charge in [-0.3, -0.25) is 0 Å². The second-order valence-corrected chi connectivity index (χ2v) is 2.68. The molecule has 0 saturated heterocycles. The van der Waals surface area contributed by atoms with Crippen LogP contribution in [0.1, 0.15) is 6.92 Å². The van der Waals surface area contributed by atoms with Crippen molar-refractivity contribution in [3.05, 3.63) is 12.7 Å². The van der Waals surface area contributed by atoms with E-state index >= 15 is 0 Å². The third kappa shape index (κ3) is 8.52. The minimum absolute atomic E-state index is 0. The molecule has 0 bridgehead atoms. The van der Waals surface area contributed by atoms with Crippen LogP contribution >= 0.6 is 0 Å². The molecule has 0 heterocycles. The molecule has 0 aliphatic heterocycles. The van der Waals surface area contributed by atoms with Crippen LogP contribution < -0.4 is 0 Å². The van der Waals surface area contributed by atoms with E-state index in [0.29, 0.717) is 0 Å². The van der Waals surface area contributed by atoms with Crippen molar-refractivity contribution in [3.63, 3.8) is 0 Å². The first-order chi connectivity index (χ1) is 4.62. The van der Waals surface area contributed by atoms with Gasteiger partial charge in [-0.1, -0.05) is 6.08 Å². The molecule has 6 heteroatoms. The summed E-state index contributed by atoms with van der Waals surface area (Å²) in [4.78, 5) is 0. The van der Waals surface area contributed by atoms with Crippen LogP contribution in [0, 0.1) is 0 Å². The zero-order valence-electron chi connectivity index (χ0n) is 5.74. The van der Waals surface area contributed by atoms with E-state index in [0.717, 1.165) is 0 Å². The Labute approximate surface area is 89.2 Å². The van der Waals surface area contributed by atoms with Crippen molar-refractivity contribution in [1.82, 2.24) is 0 Å². The molecular weight excluding hydrogens is 179 g/mol. The molecule has 0 amide bonds. The average molecular weight is 190 g/mol. The molecule has 0 spiro atoms. The van der Waals surface area contributed by atoms with E-state index in [4.69, 9.17) is 0 Å². The molecule has 62 valence electrons. The van der Waals surface area contributed by atoms with Gasteiger partial charge in [0.05, 0.1) is 13.2 Å². The summed E-state index contributed by atoms with van der Waals surface area (Å²) in [7, 11) is -3.77. The Bertz CT molecular complexity index is 187. The third-order valence-corrected chi connectivity index (χ3v) is 1.54. The molecule has 0 aromatic heterocycles. The Morgan fingerprint density at radius 1 is 1.45 bits per heavy atom. The van der Waals surface area contributed by atoms with Crippen molar-refractivity contribution in [1.29, 1.82) is 0 Å². The number of hydrogen-bond acceptors (Lipinski definition) is 4. The molecule has 0 radical (unpaired) electrons. The van der Waals surface area contributed by atoms with E-state index in [2.05, 4.69) is 14.9 Å². The summed E-state index contributed by atoms with van der Waals surface area (Å²) < 4.78 is 29.5. The Balaban J connectivity index is 0. The third-order valence-electron chi connectivity index (χ3n) is 0.592. The summed E-state index contributed by atoms with van der Waals surface area (Å²) >= 11 is 0. The standard InChI is InChI=1S/C5H10O4S.Na.H/c1-3-5-9-10(6,7)8-4-2;;/h3H,1,4-5H2,2H3;;. The average Bonchev–Trinajstić information content (AvgIpc) is 1.84. The van der Waals surface area contributed by atoms with Crippen LogP contribution in [-0.2, 0) is 18.8 Å². The number of rotatable bonds is 5. The molecule has 0 aromatic carbocycles. The summed E-state index contributed by atoms with van der Waals surface area (Å²) in [5.41, 5.74) is 0. The van der Waals surface area contributed by atoms with E-state index in [1.54, 1.807) is 6.92 Å². The first-order valence-corrected chi connectivity index (χ1v) is 4.10. The monoisotopic (exact) mass is 190 g/mol. The minimum atomic E-state index is -3.77.